The summed E-state index contributed by atoms with van der Waals surface area (Å²) in [5, 5.41) is 22.5. The summed E-state index contributed by atoms with van der Waals surface area (Å²) in [6.07, 6.45) is -0.0436. The Labute approximate surface area is 218 Å². The van der Waals surface area contributed by atoms with Gasteiger partial charge in [-0.2, -0.15) is 0 Å². The average Bonchev–Trinajstić information content (AvgIpc) is 2.87. The zero-order chi connectivity index (χ0) is 27.4. The Morgan fingerprint density at radius 1 is 0.946 bits per heavy atom. The lowest BCUT2D eigenvalue weighted by Crippen LogP contribution is -2.20. The quantitative estimate of drug-likeness (QED) is 0.101. The van der Waals surface area contributed by atoms with E-state index < -0.39 is 22.5 Å². The highest BCUT2D eigenvalue weighted by atomic mass is 33.1. The Morgan fingerprint density at radius 3 is 2.08 bits per heavy atom. The molecule has 0 spiro atoms. The molecule has 13 nitrogen and oxygen atoms in total. The number of esters is 2. The molecule has 2 aromatic rings. The normalized spacial score (nSPS) is 10.4. The zero-order valence-corrected chi connectivity index (χ0v) is 21.3. The van der Waals surface area contributed by atoms with Gasteiger partial charge in [0.25, 0.3) is 5.69 Å². The van der Waals surface area contributed by atoms with Gasteiger partial charge in [0.15, 0.2) is 0 Å². The van der Waals surface area contributed by atoms with E-state index in [1.165, 1.54) is 55.1 Å². The van der Waals surface area contributed by atoms with Crippen LogP contribution in [0.25, 0.3) is 0 Å². The number of anilines is 1. The summed E-state index contributed by atoms with van der Waals surface area (Å²) in [6.45, 7) is 0.968. The van der Waals surface area contributed by atoms with Crippen LogP contribution in [-0.2, 0) is 24.1 Å². The maximum Gasteiger partial charge on any atom is 0.345 e. The number of nitrogens with zero attached hydrogens (tertiary/aromatic N) is 1. The summed E-state index contributed by atoms with van der Waals surface area (Å²) in [6, 6.07) is 8.42. The standard InChI is InChI=1S/C22H23N3O10S2/c1-13(26)7-9-33-22(29)17-12-15(4-6-19(17)25(30)31)37-36-14-3-5-18(24-35-32)16(11-14)21(28)34-10-8-20(27)23-2/h3-6,11-12,24,32H,7-10H2,1-2H3,(H,23,27). The number of amides is 1. The van der Waals surface area contributed by atoms with Gasteiger partial charge in [-0.1, -0.05) is 21.6 Å². The number of carbonyl (C=O) groups excluding carboxylic acids is 4. The Kier molecular flexibility index (Phi) is 11.8. The Morgan fingerprint density at radius 2 is 1.51 bits per heavy atom. The Bertz CT molecular complexity index is 1180. The molecule has 0 atom stereocenters. The predicted molar refractivity (Wildman–Crippen MR) is 133 cm³/mol. The van der Waals surface area contributed by atoms with E-state index in [2.05, 4.69) is 15.8 Å². The van der Waals surface area contributed by atoms with E-state index in [4.69, 9.17) is 14.7 Å². The van der Waals surface area contributed by atoms with Crippen LogP contribution in [0.15, 0.2) is 46.2 Å². The van der Waals surface area contributed by atoms with Crippen LogP contribution in [0.1, 0.15) is 40.5 Å². The van der Waals surface area contributed by atoms with Crippen molar-refractivity contribution in [1.82, 2.24) is 5.32 Å². The summed E-state index contributed by atoms with van der Waals surface area (Å²) >= 11 is 0. The summed E-state index contributed by atoms with van der Waals surface area (Å²) in [5.41, 5.74) is 1.56. The maximum absolute atomic E-state index is 12.5. The summed E-state index contributed by atoms with van der Waals surface area (Å²) in [5.74, 6) is -2.20. The fourth-order valence-electron chi connectivity index (χ4n) is 2.67. The highest BCUT2D eigenvalue weighted by molar-refractivity contribution is 8.76. The molecule has 2 aromatic carbocycles. The SMILES string of the molecule is CNC(=O)CCOC(=O)c1cc(SSc2ccc([N+](=O)[O-])c(C(=O)OCCC(C)=O)c2)ccc1NOO. The lowest BCUT2D eigenvalue weighted by Gasteiger charge is -2.11. The van der Waals surface area contributed by atoms with Gasteiger partial charge in [0.2, 0.25) is 5.91 Å². The fourth-order valence-corrected chi connectivity index (χ4v) is 4.64. The van der Waals surface area contributed by atoms with Crippen molar-refractivity contribution in [3.8, 4) is 0 Å². The molecule has 37 heavy (non-hydrogen) atoms. The number of ether oxygens (including phenoxy) is 2. The molecule has 0 bridgehead atoms. The molecule has 0 aliphatic heterocycles. The zero-order valence-electron chi connectivity index (χ0n) is 19.7. The predicted octanol–water partition coefficient (Wildman–Crippen LogP) is 3.64. The number of ketones is 1. The van der Waals surface area contributed by atoms with Crippen LogP contribution in [0.4, 0.5) is 11.4 Å². The third-order valence-electron chi connectivity index (χ3n) is 4.51. The third-order valence-corrected chi connectivity index (χ3v) is 6.89. The first-order chi connectivity index (χ1) is 17.7. The van der Waals surface area contributed by atoms with E-state index in [0.717, 1.165) is 10.8 Å². The molecular weight excluding hydrogens is 530 g/mol. The largest absolute Gasteiger partial charge is 0.461 e. The van der Waals surface area contributed by atoms with Crippen LogP contribution in [0.2, 0.25) is 0 Å². The molecule has 0 aliphatic rings. The van der Waals surface area contributed by atoms with Gasteiger partial charge in [0.05, 0.1) is 29.2 Å². The van der Waals surface area contributed by atoms with E-state index >= 15 is 0 Å². The minimum absolute atomic E-state index is 0.00737. The summed E-state index contributed by atoms with van der Waals surface area (Å²) in [7, 11) is 3.77. The van der Waals surface area contributed by atoms with Gasteiger partial charge in [-0.15, -0.1) is 4.99 Å². The number of rotatable bonds is 14. The third kappa shape index (κ3) is 9.38. The van der Waals surface area contributed by atoms with Crippen molar-refractivity contribution in [3.05, 3.63) is 57.6 Å². The smallest absolute Gasteiger partial charge is 0.345 e. The number of nitro benzene ring substituents is 1. The molecule has 1 amide bonds. The van der Waals surface area contributed by atoms with Crippen molar-refractivity contribution in [2.75, 3.05) is 25.7 Å². The summed E-state index contributed by atoms with van der Waals surface area (Å²) < 4.78 is 10.1. The van der Waals surface area contributed by atoms with Crippen molar-refractivity contribution in [2.24, 2.45) is 0 Å². The molecule has 0 saturated heterocycles. The summed E-state index contributed by atoms with van der Waals surface area (Å²) in [4.78, 5) is 62.8. The van der Waals surface area contributed by atoms with Crippen LogP contribution in [-0.4, -0.2) is 54.1 Å². The molecule has 0 aliphatic carbocycles. The van der Waals surface area contributed by atoms with Gasteiger partial charge in [-0.05, 0) is 37.3 Å². The highest BCUT2D eigenvalue weighted by Gasteiger charge is 2.23. The number of benzene rings is 2. The first-order valence-corrected chi connectivity index (χ1v) is 12.7. The van der Waals surface area contributed by atoms with Crippen molar-refractivity contribution in [2.45, 2.75) is 29.6 Å². The monoisotopic (exact) mass is 553 g/mol. The lowest BCUT2D eigenvalue weighted by molar-refractivity contribution is -0.385. The van der Waals surface area contributed by atoms with Crippen LogP contribution in [0.3, 0.4) is 0 Å². The molecule has 3 N–H and O–H groups in total. The van der Waals surface area contributed by atoms with Crippen molar-refractivity contribution >= 4 is 56.6 Å². The minimum atomic E-state index is -0.929. The van der Waals surface area contributed by atoms with Gasteiger partial charge in [-0.25, -0.2) is 20.3 Å². The Balaban J connectivity index is 2.17. The van der Waals surface area contributed by atoms with Gasteiger partial charge >= 0.3 is 11.9 Å². The topological polar surface area (TPSA) is 183 Å². The van der Waals surface area contributed by atoms with Gasteiger partial charge in [-0.3, -0.25) is 19.7 Å². The van der Waals surface area contributed by atoms with Crippen LogP contribution < -0.4 is 10.8 Å². The Hall–Kier alpha value is -3.66. The van der Waals surface area contributed by atoms with Gasteiger partial charge < -0.3 is 14.8 Å². The first-order valence-electron chi connectivity index (χ1n) is 10.5. The number of hydrogen-bond donors (Lipinski definition) is 3. The van der Waals surface area contributed by atoms with Gasteiger partial charge in [0.1, 0.15) is 18.0 Å². The number of nitrogens with one attached hydrogen (secondary N) is 2. The van der Waals surface area contributed by atoms with Crippen LogP contribution >= 0.6 is 21.6 Å². The lowest BCUT2D eigenvalue weighted by atomic mass is 10.2. The second-order valence-electron chi connectivity index (χ2n) is 7.15. The molecule has 0 aromatic heterocycles. The second kappa shape index (κ2) is 14.8. The van der Waals surface area contributed by atoms with E-state index in [9.17, 15) is 29.3 Å². The molecule has 0 radical (unpaired) electrons. The van der Waals surface area contributed by atoms with Crippen molar-refractivity contribution in [1.29, 1.82) is 0 Å². The van der Waals surface area contributed by atoms with Gasteiger partial charge in [0, 0.05) is 29.3 Å². The number of Topliss-reactive ketones (excluding diaryl/α,β-unsaturated/α-hetero) is 1. The fraction of sp³-hybridized carbons (Fsp3) is 0.273. The first kappa shape index (κ1) is 29.6. The van der Waals surface area contributed by atoms with E-state index in [1.807, 2.05) is 0 Å². The molecular formula is C22H23N3O10S2. The molecule has 0 unspecified atom stereocenters. The van der Waals surface area contributed by atoms with E-state index in [1.54, 1.807) is 6.07 Å². The van der Waals surface area contributed by atoms with E-state index in [0.29, 0.717) is 9.79 Å². The molecule has 15 heteroatoms. The van der Waals surface area contributed by atoms with E-state index in [-0.39, 0.29) is 54.6 Å². The number of hydrogen-bond acceptors (Lipinski definition) is 13. The minimum Gasteiger partial charge on any atom is -0.461 e. The highest BCUT2D eigenvalue weighted by Crippen LogP contribution is 2.40. The second-order valence-corrected chi connectivity index (χ2v) is 9.43. The molecule has 198 valence electrons. The van der Waals surface area contributed by atoms with Crippen molar-refractivity contribution < 1.29 is 43.8 Å². The molecule has 0 fully saturated rings. The van der Waals surface area contributed by atoms with Crippen LogP contribution in [0, 0.1) is 10.1 Å². The molecule has 0 heterocycles. The maximum atomic E-state index is 12.5. The molecule has 0 saturated carbocycles. The number of nitro groups is 1. The number of carbonyl (C=O) groups is 4. The van der Waals surface area contributed by atoms with Crippen molar-refractivity contribution in [3.63, 3.8) is 0 Å². The molecule has 2 rings (SSSR count). The average molecular weight is 554 g/mol. The van der Waals surface area contributed by atoms with Crippen LogP contribution in [0.5, 0.6) is 0 Å².